The van der Waals surface area contributed by atoms with Crippen molar-refractivity contribution in [1.82, 2.24) is 4.57 Å². The highest BCUT2D eigenvalue weighted by Gasteiger charge is 2.08. The molecular formula is C20H19FN2O3. The maximum atomic E-state index is 13.1. The predicted molar refractivity (Wildman–Crippen MR) is 98.9 cm³/mol. The highest BCUT2D eigenvalue weighted by Crippen LogP contribution is 2.23. The molecule has 0 unspecified atom stereocenters. The van der Waals surface area contributed by atoms with E-state index in [-0.39, 0.29) is 17.9 Å². The van der Waals surface area contributed by atoms with Crippen molar-refractivity contribution in [3.63, 3.8) is 0 Å². The third kappa shape index (κ3) is 4.08. The number of anilines is 1. The van der Waals surface area contributed by atoms with E-state index in [4.69, 9.17) is 4.74 Å². The lowest BCUT2D eigenvalue weighted by Crippen LogP contribution is -2.17. The molecule has 0 saturated heterocycles. The van der Waals surface area contributed by atoms with Crippen molar-refractivity contribution in [2.75, 3.05) is 11.9 Å². The number of carbonyl (C=O) groups excluding carboxylic acids is 1. The van der Waals surface area contributed by atoms with Gasteiger partial charge in [0, 0.05) is 30.6 Å². The fraction of sp³-hybridized carbons (Fsp3) is 0.200. The summed E-state index contributed by atoms with van der Waals surface area (Å²) >= 11 is 0. The Hall–Kier alpha value is -3.15. The van der Waals surface area contributed by atoms with Gasteiger partial charge in [0.05, 0.1) is 12.1 Å². The fourth-order valence-electron chi connectivity index (χ4n) is 2.70. The molecule has 0 aliphatic carbocycles. The molecule has 3 rings (SSSR count). The number of amides is 1. The van der Waals surface area contributed by atoms with E-state index >= 15 is 0 Å². The van der Waals surface area contributed by atoms with Crippen LogP contribution >= 0.6 is 0 Å². The van der Waals surface area contributed by atoms with Gasteiger partial charge in [0.25, 0.3) is 5.56 Å². The number of nitrogens with zero attached hydrogens (tertiary/aromatic N) is 1. The number of hydrogen-bond donors (Lipinski definition) is 1. The molecule has 1 N–H and O–H groups in total. The number of pyridine rings is 1. The molecule has 0 radical (unpaired) electrons. The van der Waals surface area contributed by atoms with Gasteiger partial charge in [-0.25, -0.2) is 4.39 Å². The lowest BCUT2D eigenvalue weighted by molar-refractivity contribution is -0.116. The van der Waals surface area contributed by atoms with Gasteiger partial charge < -0.3 is 14.6 Å². The van der Waals surface area contributed by atoms with E-state index in [2.05, 4.69) is 5.32 Å². The van der Waals surface area contributed by atoms with Crippen LogP contribution in [-0.4, -0.2) is 17.1 Å². The van der Waals surface area contributed by atoms with E-state index in [1.54, 1.807) is 17.7 Å². The number of carbonyl (C=O) groups is 1. The molecule has 134 valence electrons. The first-order chi connectivity index (χ1) is 12.5. The molecule has 6 heteroatoms. The van der Waals surface area contributed by atoms with Crippen LogP contribution in [0.5, 0.6) is 5.75 Å². The van der Waals surface area contributed by atoms with Crippen molar-refractivity contribution < 1.29 is 13.9 Å². The zero-order valence-electron chi connectivity index (χ0n) is 14.4. The molecular weight excluding hydrogens is 335 g/mol. The summed E-state index contributed by atoms with van der Waals surface area (Å²) in [6.45, 7) is 0.299. The van der Waals surface area contributed by atoms with Crippen LogP contribution in [0.15, 0.2) is 59.4 Å². The van der Waals surface area contributed by atoms with Crippen molar-refractivity contribution in [3.8, 4) is 5.75 Å². The maximum absolute atomic E-state index is 13.1. The molecule has 1 heterocycles. The molecule has 0 aliphatic heterocycles. The van der Waals surface area contributed by atoms with Gasteiger partial charge in [-0.1, -0.05) is 18.2 Å². The molecule has 1 aromatic heterocycles. The number of aryl methyl sites for hydroxylation is 1. The highest BCUT2D eigenvalue weighted by molar-refractivity contribution is 5.90. The number of para-hydroxylation sites is 1. The number of nitrogens with one attached hydrogen (secondary N) is 1. The Morgan fingerprint density at radius 3 is 2.77 bits per heavy atom. The van der Waals surface area contributed by atoms with Crippen LogP contribution in [0.2, 0.25) is 0 Å². The molecule has 2 aromatic carbocycles. The van der Waals surface area contributed by atoms with E-state index in [0.29, 0.717) is 24.5 Å². The van der Waals surface area contributed by atoms with Gasteiger partial charge >= 0.3 is 0 Å². The second kappa shape index (κ2) is 7.82. The normalized spacial score (nSPS) is 10.7. The second-order valence-electron chi connectivity index (χ2n) is 5.93. The molecule has 5 nitrogen and oxygen atoms in total. The summed E-state index contributed by atoms with van der Waals surface area (Å²) in [4.78, 5) is 23.9. The Morgan fingerprint density at radius 1 is 1.15 bits per heavy atom. The van der Waals surface area contributed by atoms with Gasteiger partial charge in [0.15, 0.2) is 0 Å². The lowest BCUT2D eigenvalue weighted by Gasteiger charge is -2.11. The summed E-state index contributed by atoms with van der Waals surface area (Å²) in [7, 11) is 1.71. The Balaban J connectivity index is 1.57. The van der Waals surface area contributed by atoms with E-state index in [9.17, 15) is 14.0 Å². The van der Waals surface area contributed by atoms with Crippen LogP contribution in [0.25, 0.3) is 10.9 Å². The van der Waals surface area contributed by atoms with Crippen LogP contribution in [0.3, 0.4) is 0 Å². The van der Waals surface area contributed by atoms with Gasteiger partial charge in [-0.15, -0.1) is 0 Å². The summed E-state index contributed by atoms with van der Waals surface area (Å²) < 4.78 is 20.4. The van der Waals surface area contributed by atoms with E-state index < -0.39 is 5.82 Å². The van der Waals surface area contributed by atoms with Crippen molar-refractivity contribution in [1.29, 1.82) is 0 Å². The summed E-state index contributed by atoms with van der Waals surface area (Å²) in [5, 5.41) is 3.49. The van der Waals surface area contributed by atoms with E-state index in [0.717, 1.165) is 10.9 Å². The number of hydrogen-bond acceptors (Lipinski definition) is 3. The average Bonchev–Trinajstić information content (AvgIpc) is 2.62. The molecule has 0 atom stereocenters. The minimum Gasteiger partial charge on any atom is -0.493 e. The van der Waals surface area contributed by atoms with Gasteiger partial charge in [-0.2, -0.15) is 0 Å². The topological polar surface area (TPSA) is 60.3 Å². The summed E-state index contributed by atoms with van der Waals surface area (Å²) in [6.07, 6.45) is 0.712. The largest absolute Gasteiger partial charge is 0.493 e. The Bertz CT molecular complexity index is 998. The average molecular weight is 354 g/mol. The van der Waals surface area contributed by atoms with Crippen LogP contribution in [0, 0.1) is 5.82 Å². The molecule has 0 bridgehead atoms. The zero-order chi connectivity index (χ0) is 18.5. The number of rotatable bonds is 6. The van der Waals surface area contributed by atoms with E-state index in [1.807, 2.05) is 24.3 Å². The molecule has 0 fully saturated rings. The SMILES string of the molecule is Cn1c(=O)cc(OCCCC(=O)Nc2cccc(F)c2)c2ccccc21. The lowest BCUT2D eigenvalue weighted by atomic mass is 10.2. The first-order valence-electron chi connectivity index (χ1n) is 8.31. The standard InChI is InChI=1S/C20H19FN2O3/c1-23-17-9-3-2-8-16(17)18(13-20(23)25)26-11-5-10-19(24)22-15-7-4-6-14(21)12-15/h2-4,6-9,12-13H,5,10-11H2,1H3,(H,22,24). The van der Waals surface area contributed by atoms with Gasteiger partial charge in [-0.05, 0) is 36.8 Å². The molecule has 0 aliphatic rings. The monoisotopic (exact) mass is 354 g/mol. The third-order valence-corrected chi connectivity index (χ3v) is 4.03. The van der Waals surface area contributed by atoms with Crippen LogP contribution < -0.4 is 15.6 Å². The molecule has 3 aromatic rings. The van der Waals surface area contributed by atoms with Crippen molar-refractivity contribution in [3.05, 3.63) is 70.8 Å². The van der Waals surface area contributed by atoms with Crippen LogP contribution in [0.4, 0.5) is 10.1 Å². The summed E-state index contributed by atoms with van der Waals surface area (Å²) in [5.74, 6) is -0.106. The molecule has 26 heavy (non-hydrogen) atoms. The first-order valence-corrected chi connectivity index (χ1v) is 8.31. The number of aromatic nitrogens is 1. The molecule has 1 amide bonds. The minimum atomic E-state index is -0.399. The van der Waals surface area contributed by atoms with Gasteiger partial charge in [-0.3, -0.25) is 9.59 Å². The smallest absolute Gasteiger partial charge is 0.254 e. The maximum Gasteiger partial charge on any atom is 0.254 e. The van der Waals surface area contributed by atoms with Crippen molar-refractivity contribution in [2.24, 2.45) is 7.05 Å². The van der Waals surface area contributed by atoms with E-state index in [1.165, 1.54) is 24.3 Å². The summed E-state index contributed by atoms with van der Waals surface area (Å²) in [6, 6.07) is 14.7. The second-order valence-corrected chi connectivity index (χ2v) is 5.93. The minimum absolute atomic E-state index is 0.150. The van der Waals surface area contributed by atoms with Crippen molar-refractivity contribution >= 4 is 22.5 Å². The Kier molecular flexibility index (Phi) is 5.31. The first kappa shape index (κ1) is 17.7. The molecule has 0 spiro atoms. The molecule has 0 saturated carbocycles. The Morgan fingerprint density at radius 2 is 1.96 bits per heavy atom. The zero-order valence-corrected chi connectivity index (χ0v) is 14.4. The highest BCUT2D eigenvalue weighted by atomic mass is 19.1. The number of ether oxygens (including phenoxy) is 1. The van der Waals surface area contributed by atoms with Crippen LogP contribution in [0.1, 0.15) is 12.8 Å². The van der Waals surface area contributed by atoms with Gasteiger partial charge in [0.1, 0.15) is 11.6 Å². The predicted octanol–water partition coefficient (Wildman–Crippen LogP) is 3.48. The van der Waals surface area contributed by atoms with Gasteiger partial charge in [0.2, 0.25) is 5.91 Å². The third-order valence-electron chi connectivity index (χ3n) is 4.03. The number of benzene rings is 2. The van der Waals surface area contributed by atoms with Crippen molar-refractivity contribution in [2.45, 2.75) is 12.8 Å². The Labute approximate surface area is 150 Å². The quantitative estimate of drug-likeness (QED) is 0.690. The van der Waals surface area contributed by atoms with Crippen LogP contribution in [-0.2, 0) is 11.8 Å². The number of fused-ring (bicyclic) bond motifs is 1. The fourth-order valence-corrected chi connectivity index (χ4v) is 2.70. The summed E-state index contributed by atoms with van der Waals surface area (Å²) in [5.41, 5.74) is 1.06. The number of halogens is 1.